The molecule has 3 amide bonds. The summed E-state index contributed by atoms with van der Waals surface area (Å²) in [6, 6.07) is 8.70. The zero-order chi connectivity index (χ0) is 18.0. The van der Waals surface area contributed by atoms with Gasteiger partial charge in [-0.15, -0.1) is 0 Å². The predicted octanol–water partition coefficient (Wildman–Crippen LogP) is 1.23. The predicted molar refractivity (Wildman–Crippen MR) is 93.9 cm³/mol. The highest BCUT2D eigenvalue weighted by molar-refractivity contribution is 5.96. The fourth-order valence-electron chi connectivity index (χ4n) is 3.59. The zero-order valence-corrected chi connectivity index (χ0v) is 14.9. The molecule has 2 aliphatic heterocycles. The average Bonchev–Trinajstić information content (AvgIpc) is 2.83. The van der Waals surface area contributed by atoms with Crippen molar-refractivity contribution < 1.29 is 14.4 Å². The van der Waals surface area contributed by atoms with Gasteiger partial charge in [0.15, 0.2) is 0 Å². The summed E-state index contributed by atoms with van der Waals surface area (Å²) in [4.78, 5) is 43.0. The van der Waals surface area contributed by atoms with Gasteiger partial charge in [0, 0.05) is 31.7 Å². The summed E-state index contributed by atoms with van der Waals surface area (Å²) < 4.78 is 0. The molecule has 2 aliphatic rings. The van der Waals surface area contributed by atoms with Crippen LogP contribution in [0.3, 0.4) is 0 Å². The Labute approximate surface area is 148 Å². The first-order valence-corrected chi connectivity index (χ1v) is 8.90. The third-order valence-corrected chi connectivity index (χ3v) is 4.80. The van der Waals surface area contributed by atoms with E-state index < -0.39 is 6.04 Å². The topological polar surface area (TPSA) is 60.9 Å². The van der Waals surface area contributed by atoms with Crippen LogP contribution in [-0.4, -0.2) is 71.2 Å². The van der Waals surface area contributed by atoms with Gasteiger partial charge in [0.1, 0.15) is 6.04 Å². The summed E-state index contributed by atoms with van der Waals surface area (Å²) in [5.74, 6) is 0.284. The van der Waals surface area contributed by atoms with E-state index in [9.17, 15) is 14.4 Å². The Hall–Kier alpha value is -2.37. The summed E-state index contributed by atoms with van der Waals surface area (Å²) in [7, 11) is 0. The van der Waals surface area contributed by atoms with Crippen molar-refractivity contribution in [3.63, 3.8) is 0 Å². The summed E-state index contributed by atoms with van der Waals surface area (Å²) in [6.07, 6.45) is 0.498. The van der Waals surface area contributed by atoms with Crippen LogP contribution in [0.25, 0.3) is 0 Å². The van der Waals surface area contributed by atoms with Crippen LogP contribution in [0, 0.1) is 5.92 Å². The lowest BCUT2D eigenvalue weighted by atomic mass is 10.1. The lowest BCUT2D eigenvalue weighted by molar-refractivity contribution is -0.156. The van der Waals surface area contributed by atoms with Crippen LogP contribution in [0.2, 0.25) is 0 Å². The monoisotopic (exact) mass is 343 g/mol. The molecule has 0 radical (unpaired) electrons. The molecule has 1 atom stereocenters. The number of piperazine rings is 1. The Balaban J connectivity index is 1.73. The minimum Gasteiger partial charge on any atom is -0.337 e. The third kappa shape index (κ3) is 3.67. The molecule has 0 spiro atoms. The second-order valence-electron chi connectivity index (χ2n) is 7.16. The van der Waals surface area contributed by atoms with Crippen LogP contribution in [-0.2, 0) is 9.59 Å². The second-order valence-corrected chi connectivity index (χ2v) is 7.16. The first-order valence-electron chi connectivity index (χ1n) is 8.90. The lowest BCUT2D eigenvalue weighted by Crippen LogP contribution is -2.60. The molecule has 0 N–H and O–H groups in total. The molecule has 2 saturated heterocycles. The number of carbonyl (C=O) groups is 3. The molecule has 2 heterocycles. The van der Waals surface area contributed by atoms with Crippen LogP contribution in [0.1, 0.15) is 30.6 Å². The second kappa shape index (κ2) is 7.25. The normalized spacial score (nSPS) is 21.4. The maximum Gasteiger partial charge on any atom is 0.253 e. The highest BCUT2D eigenvalue weighted by Crippen LogP contribution is 2.21. The number of hydrogen-bond acceptors (Lipinski definition) is 3. The molecule has 0 saturated carbocycles. The van der Waals surface area contributed by atoms with Crippen molar-refractivity contribution in [1.82, 2.24) is 14.7 Å². The van der Waals surface area contributed by atoms with Gasteiger partial charge < -0.3 is 14.7 Å². The van der Waals surface area contributed by atoms with Gasteiger partial charge >= 0.3 is 0 Å². The van der Waals surface area contributed by atoms with E-state index in [1.165, 1.54) is 0 Å². The highest BCUT2D eigenvalue weighted by atomic mass is 16.2. The number of nitrogens with zero attached hydrogens (tertiary/aromatic N) is 3. The van der Waals surface area contributed by atoms with Gasteiger partial charge in [-0.1, -0.05) is 32.0 Å². The Morgan fingerprint density at radius 2 is 1.84 bits per heavy atom. The number of benzene rings is 1. The molecular weight excluding hydrogens is 318 g/mol. The van der Waals surface area contributed by atoms with E-state index in [2.05, 4.69) is 0 Å². The van der Waals surface area contributed by atoms with Crippen molar-refractivity contribution in [2.75, 3.05) is 32.7 Å². The quantitative estimate of drug-likeness (QED) is 0.829. The van der Waals surface area contributed by atoms with E-state index in [1.807, 2.05) is 32.0 Å². The molecule has 0 aliphatic carbocycles. The zero-order valence-electron chi connectivity index (χ0n) is 14.9. The summed E-state index contributed by atoms with van der Waals surface area (Å²) >= 11 is 0. The molecule has 2 fully saturated rings. The molecule has 25 heavy (non-hydrogen) atoms. The van der Waals surface area contributed by atoms with E-state index in [0.717, 1.165) is 0 Å². The maximum absolute atomic E-state index is 12.8. The molecule has 0 aromatic heterocycles. The smallest absolute Gasteiger partial charge is 0.253 e. The van der Waals surface area contributed by atoms with Crippen LogP contribution >= 0.6 is 0 Å². The van der Waals surface area contributed by atoms with Crippen molar-refractivity contribution in [3.8, 4) is 0 Å². The fourth-order valence-corrected chi connectivity index (χ4v) is 3.59. The molecule has 134 valence electrons. The van der Waals surface area contributed by atoms with E-state index >= 15 is 0 Å². The maximum atomic E-state index is 12.8. The Kier molecular flexibility index (Phi) is 5.06. The number of rotatable bonds is 3. The molecular formula is C19H25N3O3. The number of carbonyl (C=O) groups excluding carboxylic acids is 3. The fraction of sp³-hybridized carbons (Fsp3) is 0.526. The van der Waals surface area contributed by atoms with Crippen molar-refractivity contribution >= 4 is 17.7 Å². The Morgan fingerprint density at radius 3 is 2.52 bits per heavy atom. The minimum atomic E-state index is -0.437. The van der Waals surface area contributed by atoms with Crippen LogP contribution < -0.4 is 0 Å². The Bertz CT molecular complexity index is 659. The molecule has 3 rings (SSSR count). The molecule has 1 aromatic carbocycles. The van der Waals surface area contributed by atoms with E-state index in [0.29, 0.717) is 44.1 Å². The van der Waals surface area contributed by atoms with Gasteiger partial charge in [-0.3, -0.25) is 14.4 Å². The van der Waals surface area contributed by atoms with Crippen LogP contribution in [0.5, 0.6) is 0 Å². The van der Waals surface area contributed by atoms with Gasteiger partial charge in [-0.05, 0) is 24.5 Å². The molecule has 6 heteroatoms. The van der Waals surface area contributed by atoms with Gasteiger partial charge in [0.25, 0.3) is 5.91 Å². The van der Waals surface area contributed by atoms with E-state index in [1.54, 1.807) is 26.8 Å². The lowest BCUT2D eigenvalue weighted by Gasteiger charge is -2.39. The van der Waals surface area contributed by atoms with Gasteiger partial charge in [-0.25, -0.2) is 0 Å². The van der Waals surface area contributed by atoms with Crippen LogP contribution in [0.15, 0.2) is 30.3 Å². The van der Waals surface area contributed by atoms with E-state index in [4.69, 9.17) is 0 Å². The van der Waals surface area contributed by atoms with Crippen molar-refractivity contribution in [2.24, 2.45) is 5.92 Å². The SMILES string of the molecule is CC(C)CN1CC(=O)N2CCN(C(=O)c3ccccc3)CCC2C1=O. The molecule has 6 nitrogen and oxygen atoms in total. The van der Waals surface area contributed by atoms with Gasteiger partial charge in [0.2, 0.25) is 11.8 Å². The van der Waals surface area contributed by atoms with Crippen LogP contribution in [0.4, 0.5) is 0 Å². The van der Waals surface area contributed by atoms with Crippen molar-refractivity contribution in [3.05, 3.63) is 35.9 Å². The summed E-state index contributed by atoms with van der Waals surface area (Å²) in [5.41, 5.74) is 0.640. The van der Waals surface area contributed by atoms with E-state index in [-0.39, 0.29) is 24.3 Å². The largest absolute Gasteiger partial charge is 0.337 e. The Morgan fingerprint density at radius 1 is 1.12 bits per heavy atom. The summed E-state index contributed by atoms with van der Waals surface area (Å²) in [6.45, 7) is 6.21. The van der Waals surface area contributed by atoms with Gasteiger partial charge in [-0.2, -0.15) is 0 Å². The summed E-state index contributed by atoms with van der Waals surface area (Å²) in [5, 5.41) is 0. The van der Waals surface area contributed by atoms with Gasteiger partial charge in [0.05, 0.1) is 6.54 Å². The highest BCUT2D eigenvalue weighted by Gasteiger charge is 2.41. The number of amides is 3. The molecule has 1 aromatic rings. The minimum absolute atomic E-state index is 0.0146. The molecule has 1 unspecified atom stereocenters. The van der Waals surface area contributed by atoms with Crippen molar-refractivity contribution in [2.45, 2.75) is 26.3 Å². The average molecular weight is 343 g/mol. The van der Waals surface area contributed by atoms with Crippen molar-refractivity contribution in [1.29, 1.82) is 0 Å². The first-order chi connectivity index (χ1) is 12.0. The number of hydrogen-bond donors (Lipinski definition) is 0. The first kappa shape index (κ1) is 17.5. The standard InChI is InChI=1S/C19H25N3O3/c1-14(2)12-21-13-17(23)22-11-10-20(9-8-16(22)19(21)25)18(24)15-6-4-3-5-7-15/h3-7,14,16H,8-13H2,1-2H3. The third-order valence-electron chi connectivity index (χ3n) is 4.80. The number of fused-ring (bicyclic) bond motifs is 1. The molecule has 0 bridgehead atoms.